The van der Waals surface area contributed by atoms with Gasteiger partial charge in [0, 0.05) is 39.0 Å². The average molecular weight is 372 g/mol. The summed E-state index contributed by atoms with van der Waals surface area (Å²) < 4.78 is 31.4. The lowest BCUT2D eigenvalue weighted by Gasteiger charge is -2.32. The number of carbonyl (C=O) groups is 2. The number of carboxylic acid groups (broad SMARTS) is 1. The molecule has 0 bridgehead atoms. The molecule has 6 nitrogen and oxygen atoms in total. The molecule has 0 radical (unpaired) electrons. The van der Waals surface area contributed by atoms with E-state index in [1.807, 2.05) is 4.90 Å². The Hall–Kier alpha value is -1.96. The van der Waals surface area contributed by atoms with Gasteiger partial charge in [0.05, 0.1) is 11.8 Å². The Balaban J connectivity index is 0.000000758. The molecule has 0 spiro atoms. The normalized spacial score (nSPS) is 21.4. The fraction of sp³-hybridized carbons (Fsp3) is 0.667. The zero-order valence-corrected chi connectivity index (χ0v) is 14.8. The summed E-state index contributed by atoms with van der Waals surface area (Å²) in [6.07, 6.45) is 5.19. The number of furan rings is 1. The highest BCUT2D eigenvalue weighted by molar-refractivity contribution is 5.93. The van der Waals surface area contributed by atoms with Gasteiger partial charge in [-0.1, -0.05) is 0 Å². The maximum absolute atomic E-state index is 13.2. The monoisotopic (exact) mass is 372 g/mol. The van der Waals surface area contributed by atoms with Crippen LogP contribution in [0.1, 0.15) is 42.5 Å². The summed E-state index contributed by atoms with van der Waals surface area (Å²) in [5.74, 6) is -2.08. The van der Waals surface area contributed by atoms with E-state index in [-0.39, 0.29) is 25.2 Å². The zero-order chi connectivity index (χ0) is 19.0. The van der Waals surface area contributed by atoms with Crippen LogP contribution >= 0.6 is 0 Å². The van der Waals surface area contributed by atoms with E-state index in [1.54, 1.807) is 6.07 Å². The molecule has 26 heavy (non-hydrogen) atoms. The Morgan fingerprint density at radius 2 is 1.96 bits per heavy atom. The predicted molar refractivity (Wildman–Crippen MR) is 91.3 cm³/mol. The maximum atomic E-state index is 13.2. The fourth-order valence-electron chi connectivity index (χ4n) is 3.57. The first-order valence-corrected chi connectivity index (χ1v) is 8.94. The Morgan fingerprint density at radius 3 is 2.58 bits per heavy atom. The summed E-state index contributed by atoms with van der Waals surface area (Å²) in [5.41, 5.74) is 0.591. The highest BCUT2D eigenvalue weighted by Crippen LogP contribution is 2.36. The van der Waals surface area contributed by atoms with Gasteiger partial charge in [-0.2, -0.15) is 0 Å². The molecule has 1 N–H and O–H groups in total. The molecule has 1 saturated carbocycles. The smallest absolute Gasteiger partial charge is 0.290 e. The minimum absolute atomic E-state index is 0.0120. The standard InChI is InChI=1S/C17H24F2N2O2.CH2O2/c18-17(19)5-2-14(3-6-17)12-20-7-1-8-21(10-9-20)16(22)15-4-11-23-13-15;2-1-3/h4,11,13-14H,1-3,5-10,12H2;1H,(H,2,3). The van der Waals surface area contributed by atoms with E-state index in [0.29, 0.717) is 30.9 Å². The molecule has 1 amide bonds. The second-order valence-electron chi connectivity index (χ2n) is 6.86. The molecule has 1 aliphatic heterocycles. The zero-order valence-electron chi connectivity index (χ0n) is 14.8. The van der Waals surface area contributed by atoms with E-state index in [9.17, 15) is 13.6 Å². The van der Waals surface area contributed by atoms with E-state index in [0.717, 1.165) is 32.6 Å². The number of amides is 1. The van der Waals surface area contributed by atoms with Crippen molar-refractivity contribution in [1.29, 1.82) is 0 Å². The summed E-state index contributed by atoms with van der Waals surface area (Å²) >= 11 is 0. The van der Waals surface area contributed by atoms with E-state index in [1.165, 1.54) is 12.5 Å². The first kappa shape index (κ1) is 20.4. The van der Waals surface area contributed by atoms with Gasteiger partial charge in [-0.05, 0) is 37.8 Å². The van der Waals surface area contributed by atoms with Crippen LogP contribution in [0.4, 0.5) is 8.78 Å². The van der Waals surface area contributed by atoms with Crippen molar-refractivity contribution >= 4 is 12.4 Å². The Labute approximate surface area is 151 Å². The number of hydrogen-bond acceptors (Lipinski definition) is 4. The summed E-state index contributed by atoms with van der Waals surface area (Å²) in [7, 11) is 0. The third-order valence-electron chi connectivity index (χ3n) is 5.00. The lowest BCUT2D eigenvalue weighted by Crippen LogP contribution is -2.37. The molecule has 2 aliphatic rings. The van der Waals surface area contributed by atoms with Crippen LogP contribution in [0, 0.1) is 5.92 Å². The first-order valence-electron chi connectivity index (χ1n) is 8.94. The quantitative estimate of drug-likeness (QED) is 0.826. The van der Waals surface area contributed by atoms with Crippen LogP contribution in [0.2, 0.25) is 0 Å². The molecule has 1 aromatic rings. The molecule has 1 aliphatic carbocycles. The summed E-state index contributed by atoms with van der Waals surface area (Å²) in [5, 5.41) is 6.89. The third kappa shape index (κ3) is 6.09. The molecular weight excluding hydrogens is 346 g/mol. The molecule has 0 unspecified atom stereocenters. The van der Waals surface area contributed by atoms with Crippen LogP contribution in [0.3, 0.4) is 0 Å². The van der Waals surface area contributed by atoms with Crippen molar-refractivity contribution in [2.75, 3.05) is 32.7 Å². The van der Waals surface area contributed by atoms with Gasteiger partial charge in [-0.25, -0.2) is 8.78 Å². The maximum Gasteiger partial charge on any atom is 0.290 e. The van der Waals surface area contributed by atoms with Crippen molar-refractivity contribution in [3.05, 3.63) is 24.2 Å². The second-order valence-corrected chi connectivity index (χ2v) is 6.86. The molecule has 2 fully saturated rings. The van der Waals surface area contributed by atoms with Crippen molar-refractivity contribution < 1.29 is 27.9 Å². The van der Waals surface area contributed by atoms with E-state index >= 15 is 0 Å². The van der Waals surface area contributed by atoms with Gasteiger partial charge in [-0.15, -0.1) is 0 Å². The van der Waals surface area contributed by atoms with E-state index in [2.05, 4.69) is 4.90 Å². The molecule has 8 heteroatoms. The minimum atomic E-state index is -2.46. The van der Waals surface area contributed by atoms with Crippen molar-refractivity contribution in [2.24, 2.45) is 5.92 Å². The molecule has 1 saturated heterocycles. The lowest BCUT2D eigenvalue weighted by atomic mass is 9.86. The average Bonchev–Trinajstić information content (AvgIpc) is 3.04. The van der Waals surface area contributed by atoms with Crippen LogP contribution in [0.25, 0.3) is 0 Å². The van der Waals surface area contributed by atoms with Gasteiger partial charge in [0.2, 0.25) is 5.92 Å². The van der Waals surface area contributed by atoms with Gasteiger partial charge in [0.1, 0.15) is 6.26 Å². The van der Waals surface area contributed by atoms with Crippen LogP contribution < -0.4 is 0 Å². The van der Waals surface area contributed by atoms with E-state index in [4.69, 9.17) is 14.3 Å². The first-order chi connectivity index (χ1) is 12.4. The lowest BCUT2D eigenvalue weighted by molar-refractivity contribution is -0.122. The Bertz CT molecular complexity index is 556. The summed E-state index contributed by atoms with van der Waals surface area (Å²) in [4.78, 5) is 24.9. The van der Waals surface area contributed by atoms with Gasteiger partial charge in [0.25, 0.3) is 12.4 Å². The number of halogens is 2. The number of rotatable bonds is 3. The highest BCUT2D eigenvalue weighted by Gasteiger charge is 2.35. The van der Waals surface area contributed by atoms with Crippen molar-refractivity contribution in [3.63, 3.8) is 0 Å². The number of hydrogen-bond donors (Lipinski definition) is 1. The number of carbonyl (C=O) groups excluding carboxylic acids is 1. The van der Waals surface area contributed by atoms with Crippen LogP contribution in [0.5, 0.6) is 0 Å². The predicted octanol–water partition coefficient (Wildman–Crippen LogP) is 2.95. The molecular formula is C18H26F2N2O4. The van der Waals surface area contributed by atoms with Gasteiger partial charge in [-0.3, -0.25) is 9.59 Å². The van der Waals surface area contributed by atoms with Crippen molar-refractivity contribution in [1.82, 2.24) is 9.80 Å². The van der Waals surface area contributed by atoms with E-state index < -0.39 is 5.92 Å². The van der Waals surface area contributed by atoms with Gasteiger partial charge >= 0.3 is 0 Å². The molecule has 1 aromatic heterocycles. The van der Waals surface area contributed by atoms with Gasteiger partial charge in [0.15, 0.2) is 0 Å². The topological polar surface area (TPSA) is 74.0 Å². The minimum Gasteiger partial charge on any atom is -0.483 e. The summed E-state index contributed by atoms with van der Waals surface area (Å²) in [6, 6.07) is 1.69. The molecule has 146 valence electrons. The van der Waals surface area contributed by atoms with Gasteiger partial charge < -0.3 is 19.3 Å². The Morgan fingerprint density at radius 1 is 1.27 bits per heavy atom. The molecule has 2 heterocycles. The SMILES string of the molecule is O=C(c1ccoc1)N1CCCN(CC2CCC(F)(F)CC2)CC1.O=CO. The summed E-state index contributed by atoms with van der Waals surface area (Å²) in [6.45, 7) is 3.80. The molecule has 3 rings (SSSR count). The molecule has 0 atom stereocenters. The van der Waals surface area contributed by atoms with Crippen molar-refractivity contribution in [3.8, 4) is 0 Å². The third-order valence-corrected chi connectivity index (χ3v) is 5.00. The second kappa shape index (κ2) is 9.66. The van der Waals surface area contributed by atoms with Crippen LogP contribution in [-0.4, -0.2) is 65.9 Å². The van der Waals surface area contributed by atoms with Crippen LogP contribution in [-0.2, 0) is 4.79 Å². The number of alkyl halides is 2. The Kier molecular flexibility index (Phi) is 7.56. The number of nitrogens with zero attached hydrogens (tertiary/aromatic N) is 2. The highest BCUT2D eigenvalue weighted by atomic mass is 19.3. The largest absolute Gasteiger partial charge is 0.483 e. The van der Waals surface area contributed by atoms with Crippen molar-refractivity contribution in [2.45, 2.75) is 38.0 Å². The van der Waals surface area contributed by atoms with Crippen LogP contribution in [0.15, 0.2) is 23.0 Å². The fourth-order valence-corrected chi connectivity index (χ4v) is 3.57. The molecule has 0 aromatic carbocycles.